The van der Waals surface area contributed by atoms with E-state index in [1.807, 2.05) is 0 Å². The van der Waals surface area contributed by atoms with E-state index in [1.165, 1.54) is 47.1 Å². The summed E-state index contributed by atoms with van der Waals surface area (Å²) in [6.45, 7) is 4.55. The van der Waals surface area contributed by atoms with Crippen molar-refractivity contribution in [3.63, 3.8) is 0 Å². The van der Waals surface area contributed by atoms with Gasteiger partial charge in [0, 0.05) is 0 Å². The number of halogens is 2. The van der Waals surface area contributed by atoms with E-state index in [-0.39, 0.29) is 9.41 Å². The molecule has 2 aromatic carbocycles. The van der Waals surface area contributed by atoms with Crippen LogP contribution in [0, 0.1) is 6.92 Å². The van der Waals surface area contributed by atoms with Gasteiger partial charge in [0.05, 0.1) is 0 Å². The van der Waals surface area contributed by atoms with Crippen molar-refractivity contribution in [3.8, 4) is 0 Å². The van der Waals surface area contributed by atoms with Crippen molar-refractivity contribution in [2.45, 2.75) is 36.7 Å². The van der Waals surface area contributed by atoms with Crippen LogP contribution in [0.25, 0.3) is 22.7 Å². The maximum atomic E-state index is 2.53. The quantitative estimate of drug-likeness (QED) is 0.516. The molecule has 1 unspecified atom stereocenters. The van der Waals surface area contributed by atoms with Gasteiger partial charge in [-0.1, -0.05) is 0 Å². The number of nitrogens with zero attached hydrogens (tertiary/aromatic N) is 1. The summed E-state index contributed by atoms with van der Waals surface area (Å²) in [6, 6.07) is 20.2. The Balaban J connectivity index is 0.00000128. The van der Waals surface area contributed by atoms with Gasteiger partial charge >= 0.3 is 180 Å². The molecule has 1 heterocycles. The summed E-state index contributed by atoms with van der Waals surface area (Å²) in [7, 11) is 0. The van der Waals surface area contributed by atoms with Crippen molar-refractivity contribution in [1.82, 2.24) is 4.57 Å². The van der Waals surface area contributed by atoms with Crippen LogP contribution < -0.4 is 9.41 Å². The number of aromatic nitrogens is 1. The molecule has 0 saturated heterocycles. The monoisotopic (exact) mass is 479 g/mol. The van der Waals surface area contributed by atoms with E-state index in [0.717, 1.165) is 0 Å². The number of rotatable bonds is 5. The molecule has 2 aliphatic rings. The summed E-state index contributed by atoms with van der Waals surface area (Å²) in [5, 5.41) is 1.34. The Morgan fingerprint density at radius 2 is 1.80 bits per heavy atom. The number of hydrogen-bond acceptors (Lipinski definition) is 0. The molecular formula is C26H25F2NZr. The van der Waals surface area contributed by atoms with Gasteiger partial charge in [0.25, 0.3) is 0 Å². The first kappa shape index (κ1) is 22.6. The predicted molar refractivity (Wildman–Crippen MR) is 116 cm³/mol. The first-order chi connectivity index (χ1) is 13.8. The molecule has 2 aliphatic carbocycles. The Morgan fingerprint density at radius 3 is 2.63 bits per heavy atom. The minimum Gasteiger partial charge on any atom is -1.00 e. The standard InChI is InChI=1S/C18H14N.C8H11.2FH.Zr/c1-13-10-16-8-4-5-9-18(16)19(13)17-11-14-6-2-3-7-15(14)12-17;1-2-5-8-6-3-4-7-8;;;/h2-12H,1H3;3,6H,2,4-5H2,1H3;2*1H;/q;;;;+2/p-2. The van der Waals surface area contributed by atoms with E-state index in [1.54, 1.807) is 14.4 Å². The summed E-state index contributed by atoms with van der Waals surface area (Å²) >= 11 is -0.785. The average Bonchev–Trinajstić information content (AvgIpc) is 3.38. The van der Waals surface area contributed by atoms with E-state index < -0.39 is 23.2 Å². The fourth-order valence-corrected chi connectivity index (χ4v) is 8.99. The second-order valence-electron chi connectivity index (χ2n) is 7.82. The maximum Gasteiger partial charge on any atom is -1.00 e. The predicted octanol–water partition coefficient (Wildman–Crippen LogP) is 1.11. The van der Waals surface area contributed by atoms with Crippen molar-refractivity contribution in [3.05, 3.63) is 92.4 Å². The largest absolute Gasteiger partial charge is 1.00 e. The van der Waals surface area contributed by atoms with Crippen LogP contribution in [0.1, 0.15) is 46.6 Å². The van der Waals surface area contributed by atoms with Gasteiger partial charge < -0.3 is 9.41 Å². The molecular weight excluding hydrogens is 456 g/mol. The van der Waals surface area contributed by atoms with Crippen molar-refractivity contribution in [2.75, 3.05) is 0 Å². The molecule has 30 heavy (non-hydrogen) atoms. The molecule has 3 aromatic rings. The Hall–Kier alpha value is -2.06. The van der Waals surface area contributed by atoms with Crippen LogP contribution in [-0.4, -0.2) is 4.57 Å². The molecule has 0 aliphatic heterocycles. The van der Waals surface area contributed by atoms with Crippen LogP contribution in [0.4, 0.5) is 0 Å². The smallest absolute Gasteiger partial charge is 1.00 e. The van der Waals surface area contributed by atoms with Crippen molar-refractivity contribution >= 4 is 22.7 Å². The summed E-state index contributed by atoms with van der Waals surface area (Å²) in [5.74, 6) is 0. The SMILES string of the molecule is CCCC1=[C]([Zr+2][CH]2C(n3c(C)cc4ccccc43)=Cc3ccccc32)CC=C1.[F-].[F-]. The Morgan fingerprint density at radius 1 is 1.03 bits per heavy atom. The van der Waals surface area contributed by atoms with Crippen LogP contribution in [-0.2, 0) is 23.2 Å². The molecule has 1 atom stereocenters. The zero-order chi connectivity index (χ0) is 19.1. The van der Waals surface area contributed by atoms with E-state index >= 15 is 0 Å². The number of allylic oxidation sites excluding steroid dienone is 5. The second kappa shape index (κ2) is 9.39. The molecule has 0 amide bonds. The third-order valence-corrected chi connectivity index (χ3v) is 10.3. The molecule has 0 saturated carbocycles. The van der Waals surface area contributed by atoms with Gasteiger partial charge in [0.15, 0.2) is 0 Å². The number of para-hydroxylation sites is 1. The molecule has 152 valence electrons. The van der Waals surface area contributed by atoms with Crippen LogP contribution in [0.3, 0.4) is 0 Å². The van der Waals surface area contributed by atoms with E-state index in [2.05, 4.69) is 91.2 Å². The summed E-state index contributed by atoms with van der Waals surface area (Å²) < 4.78 is 4.92. The first-order valence-corrected chi connectivity index (χ1v) is 12.9. The van der Waals surface area contributed by atoms with Gasteiger partial charge in [-0.05, 0) is 0 Å². The van der Waals surface area contributed by atoms with Crippen LogP contribution in [0.2, 0.25) is 0 Å². The number of fused-ring (bicyclic) bond motifs is 2. The number of benzene rings is 2. The fraction of sp³-hybridized carbons (Fsp3) is 0.231. The molecule has 0 radical (unpaired) electrons. The second-order valence-corrected chi connectivity index (χ2v) is 11.4. The maximum absolute atomic E-state index is 2.53. The summed E-state index contributed by atoms with van der Waals surface area (Å²) in [4.78, 5) is 0. The summed E-state index contributed by atoms with van der Waals surface area (Å²) in [5.41, 5.74) is 8.81. The minimum absolute atomic E-state index is 0. The number of hydrogen-bond donors (Lipinski definition) is 0. The molecule has 0 N–H and O–H groups in total. The Bertz CT molecular complexity index is 1150. The van der Waals surface area contributed by atoms with Gasteiger partial charge in [0.1, 0.15) is 0 Å². The Kier molecular flexibility index (Phi) is 7.08. The fourth-order valence-electron chi connectivity index (χ4n) is 4.67. The van der Waals surface area contributed by atoms with Crippen LogP contribution in [0.5, 0.6) is 0 Å². The molecule has 5 rings (SSSR count). The van der Waals surface area contributed by atoms with Gasteiger partial charge in [0.2, 0.25) is 0 Å². The van der Waals surface area contributed by atoms with Crippen molar-refractivity contribution in [2.24, 2.45) is 0 Å². The Labute approximate surface area is 188 Å². The molecule has 0 spiro atoms. The molecule has 1 nitrogen and oxygen atoms in total. The molecule has 4 heteroatoms. The first-order valence-electron chi connectivity index (χ1n) is 10.3. The third kappa shape index (κ3) is 3.83. The van der Waals surface area contributed by atoms with Gasteiger partial charge in [-0.3, -0.25) is 0 Å². The average molecular weight is 481 g/mol. The van der Waals surface area contributed by atoms with E-state index in [4.69, 9.17) is 0 Å². The van der Waals surface area contributed by atoms with Crippen molar-refractivity contribution in [1.29, 1.82) is 0 Å². The third-order valence-electron chi connectivity index (χ3n) is 5.93. The summed E-state index contributed by atoms with van der Waals surface area (Å²) in [6.07, 6.45) is 10.9. The van der Waals surface area contributed by atoms with Crippen LogP contribution >= 0.6 is 0 Å². The zero-order valence-corrected chi connectivity index (χ0v) is 19.8. The van der Waals surface area contributed by atoms with Gasteiger partial charge in [-0.25, -0.2) is 0 Å². The molecule has 0 fully saturated rings. The van der Waals surface area contributed by atoms with E-state index in [9.17, 15) is 0 Å². The molecule has 0 bridgehead atoms. The minimum atomic E-state index is -0.785. The number of aryl methyl sites for hydroxylation is 1. The van der Waals surface area contributed by atoms with Crippen molar-refractivity contribution < 1.29 is 32.6 Å². The van der Waals surface area contributed by atoms with E-state index in [0.29, 0.717) is 3.63 Å². The normalized spacial score (nSPS) is 16.7. The van der Waals surface area contributed by atoms with Gasteiger partial charge in [-0.2, -0.15) is 0 Å². The topological polar surface area (TPSA) is 4.93 Å². The molecule has 1 aromatic heterocycles. The zero-order valence-electron chi connectivity index (χ0n) is 17.3. The van der Waals surface area contributed by atoms with Gasteiger partial charge in [-0.15, -0.1) is 0 Å². The van der Waals surface area contributed by atoms with Crippen LogP contribution in [0.15, 0.2) is 75.6 Å².